The minimum atomic E-state index is -0.916. The van der Waals surface area contributed by atoms with E-state index in [2.05, 4.69) is 19.8 Å². The Morgan fingerprint density at radius 3 is 2.83 bits per heavy atom. The summed E-state index contributed by atoms with van der Waals surface area (Å²) >= 11 is 0. The second-order valence-corrected chi connectivity index (χ2v) is 8.86. The second kappa shape index (κ2) is 4.96. The number of hydrogen-bond donors (Lipinski definition) is 1. The molecule has 4 aliphatic carbocycles. The number of terminal acetylenes is 1. The molecule has 0 spiro atoms. The molecule has 3 fully saturated rings. The first-order valence-electron chi connectivity index (χ1n) is 9.33. The first kappa shape index (κ1) is 15.5. The van der Waals surface area contributed by atoms with Crippen LogP contribution in [0.2, 0.25) is 0 Å². The topological polar surface area (TPSA) is 37.3 Å². The minimum Gasteiger partial charge on any atom is -0.377 e. The zero-order valence-corrected chi connectivity index (χ0v) is 14.3. The summed E-state index contributed by atoms with van der Waals surface area (Å²) in [5.74, 6) is 6.17. The third kappa shape index (κ3) is 1.96. The van der Waals surface area contributed by atoms with Gasteiger partial charge < -0.3 is 5.11 Å². The van der Waals surface area contributed by atoms with Crippen molar-refractivity contribution < 1.29 is 9.90 Å². The summed E-state index contributed by atoms with van der Waals surface area (Å²) in [5, 5.41) is 11.0. The minimum absolute atomic E-state index is 0.122. The molecule has 0 saturated heterocycles. The van der Waals surface area contributed by atoms with E-state index in [0.29, 0.717) is 35.4 Å². The highest BCUT2D eigenvalue weighted by molar-refractivity contribution is 5.91. The molecule has 1 unspecified atom stereocenters. The molecule has 4 aliphatic rings. The highest BCUT2D eigenvalue weighted by atomic mass is 16.3. The summed E-state index contributed by atoms with van der Waals surface area (Å²) in [4.78, 5) is 11.8. The van der Waals surface area contributed by atoms with Crippen molar-refractivity contribution >= 4 is 5.78 Å². The molecule has 3 saturated carbocycles. The molecule has 2 nitrogen and oxygen atoms in total. The molecule has 0 bridgehead atoms. The van der Waals surface area contributed by atoms with Crippen LogP contribution in [0.1, 0.15) is 58.8 Å². The Morgan fingerprint density at radius 1 is 1.30 bits per heavy atom. The lowest BCUT2D eigenvalue weighted by atomic mass is 9.48. The maximum Gasteiger partial charge on any atom is 0.155 e. The van der Waals surface area contributed by atoms with E-state index < -0.39 is 5.60 Å². The van der Waals surface area contributed by atoms with Gasteiger partial charge in [0.1, 0.15) is 5.60 Å². The molecule has 23 heavy (non-hydrogen) atoms. The monoisotopic (exact) mass is 312 g/mol. The van der Waals surface area contributed by atoms with Crippen molar-refractivity contribution in [2.24, 2.45) is 35.0 Å². The summed E-state index contributed by atoms with van der Waals surface area (Å²) < 4.78 is 0. The predicted octanol–water partition coefficient (Wildman–Crippen LogP) is 3.74. The van der Waals surface area contributed by atoms with Gasteiger partial charge in [0.05, 0.1) is 0 Å². The number of aliphatic hydroxyl groups is 1. The van der Waals surface area contributed by atoms with Gasteiger partial charge in [0, 0.05) is 11.8 Å². The normalized spacial score (nSPS) is 52.0. The molecule has 124 valence electrons. The molecule has 0 radical (unpaired) electrons. The molecule has 0 amide bonds. The van der Waals surface area contributed by atoms with E-state index in [-0.39, 0.29) is 5.41 Å². The lowest BCUT2D eigenvalue weighted by Gasteiger charge is -2.56. The molecular formula is C21H28O2. The lowest BCUT2D eigenvalue weighted by Crippen LogP contribution is -2.53. The van der Waals surface area contributed by atoms with Crippen molar-refractivity contribution in [3.63, 3.8) is 0 Å². The van der Waals surface area contributed by atoms with Crippen LogP contribution < -0.4 is 0 Å². The third-order valence-corrected chi connectivity index (χ3v) is 8.03. The molecule has 0 aromatic carbocycles. The fourth-order valence-corrected chi connectivity index (χ4v) is 6.84. The average Bonchev–Trinajstić information content (AvgIpc) is 2.79. The van der Waals surface area contributed by atoms with E-state index in [0.717, 1.165) is 44.9 Å². The molecular weight excluding hydrogens is 284 g/mol. The van der Waals surface area contributed by atoms with Crippen LogP contribution in [-0.4, -0.2) is 16.5 Å². The summed E-state index contributed by atoms with van der Waals surface area (Å²) in [5.41, 5.74) is 0.382. The van der Waals surface area contributed by atoms with Crippen molar-refractivity contribution in [2.75, 3.05) is 0 Å². The Bertz CT molecular complexity index is 612. The zero-order valence-electron chi connectivity index (χ0n) is 14.3. The van der Waals surface area contributed by atoms with E-state index in [9.17, 15) is 9.90 Å². The van der Waals surface area contributed by atoms with Gasteiger partial charge in [-0.3, -0.25) is 4.79 Å². The first-order chi connectivity index (χ1) is 10.9. The van der Waals surface area contributed by atoms with Crippen LogP contribution in [0.25, 0.3) is 0 Å². The zero-order chi connectivity index (χ0) is 16.4. The Kier molecular flexibility index (Phi) is 3.34. The number of ketones is 1. The van der Waals surface area contributed by atoms with Crippen molar-refractivity contribution in [3.05, 3.63) is 11.6 Å². The van der Waals surface area contributed by atoms with Gasteiger partial charge in [-0.05, 0) is 74.2 Å². The maximum atomic E-state index is 11.8. The van der Waals surface area contributed by atoms with Crippen molar-refractivity contribution in [1.29, 1.82) is 0 Å². The Labute approximate surface area is 139 Å². The Balaban J connectivity index is 1.70. The van der Waals surface area contributed by atoms with Gasteiger partial charge in [0.2, 0.25) is 0 Å². The number of allylic oxidation sites excluding steroid dienone is 1. The average molecular weight is 312 g/mol. The number of carbonyl (C=O) groups is 1. The van der Waals surface area contributed by atoms with Crippen molar-refractivity contribution in [3.8, 4) is 12.3 Å². The molecule has 0 aliphatic heterocycles. The SMILES string of the molecule is C#CC1(O)CC[C@H]2[C@H]3[C@H](CC[C@@]21C)[C@H]1CCC(=O)C=C1C[C@H]3C. The fraction of sp³-hybridized carbons (Fsp3) is 0.762. The van der Waals surface area contributed by atoms with E-state index >= 15 is 0 Å². The first-order valence-corrected chi connectivity index (χ1v) is 9.33. The third-order valence-electron chi connectivity index (χ3n) is 8.03. The van der Waals surface area contributed by atoms with Crippen LogP contribution in [0.5, 0.6) is 0 Å². The molecule has 4 rings (SSSR count). The molecule has 1 N–H and O–H groups in total. The van der Waals surface area contributed by atoms with E-state index in [1.165, 1.54) is 5.57 Å². The van der Waals surface area contributed by atoms with E-state index in [1.54, 1.807) is 0 Å². The van der Waals surface area contributed by atoms with Crippen LogP contribution in [0.4, 0.5) is 0 Å². The van der Waals surface area contributed by atoms with Crippen LogP contribution in [0.15, 0.2) is 11.6 Å². The maximum absolute atomic E-state index is 11.8. The van der Waals surface area contributed by atoms with Gasteiger partial charge in [0.25, 0.3) is 0 Å². The standard InChI is InChI=1S/C21H28O2/c1-4-21(23)10-8-18-19-13(2)11-14-12-15(22)5-6-16(14)17(19)7-9-20(18,21)3/h1,12-13,16-19,23H,5-11H2,2-3H3/t13-,16+,17-,18+,19-,20+,21?/m1/s1. The van der Waals surface area contributed by atoms with E-state index in [1.807, 2.05) is 6.08 Å². The number of hydrogen-bond acceptors (Lipinski definition) is 2. The van der Waals surface area contributed by atoms with Gasteiger partial charge in [-0.25, -0.2) is 0 Å². The van der Waals surface area contributed by atoms with E-state index in [4.69, 9.17) is 6.42 Å². The number of rotatable bonds is 0. The molecule has 0 heterocycles. The van der Waals surface area contributed by atoms with Crippen molar-refractivity contribution in [1.82, 2.24) is 0 Å². The van der Waals surface area contributed by atoms with Crippen LogP contribution in [-0.2, 0) is 4.79 Å². The summed E-state index contributed by atoms with van der Waals surface area (Å²) in [7, 11) is 0. The van der Waals surface area contributed by atoms with Crippen molar-refractivity contribution in [2.45, 2.75) is 64.4 Å². The highest BCUT2D eigenvalue weighted by Crippen LogP contribution is 2.65. The quantitative estimate of drug-likeness (QED) is 0.692. The van der Waals surface area contributed by atoms with Gasteiger partial charge in [-0.15, -0.1) is 6.42 Å². The predicted molar refractivity (Wildman–Crippen MR) is 90.4 cm³/mol. The van der Waals surface area contributed by atoms with Crippen LogP contribution in [0.3, 0.4) is 0 Å². The number of fused-ring (bicyclic) bond motifs is 5. The van der Waals surface area contributed by atoms with Gasteiger partial charge >= 0.3 is 0 Å². The van der Waals surface area contributed by atoms with Crippen LogP contribution in [0, 0.1) is 47.3 Å². The Morgan fingerprint density at radius 2 is 2.09 bits per heavy atom. The molecule has 2 heteroatoms. The molecule has 0 aromatic heterocycles. The summed E-state index contributed by atoms with van der Waals surface area (Å²) in [6.07, 6.45) is 14.5. The van der Waals surface area contributed by atoms with Gasteiger partial charge in [0.15, 0.2) is 5.78 Å². The highest BCUT2D eigenvalue weighted by Gasteiger charge is 2.62. The number of carbonyl (C=O) groups excluding carboxylic acids is 1. The van der Waals surface area contributed by atoms with Gasteiger partial charge in [-0.2, -0.15) is 0 Å². The lowest BCUT2D eigenvalue weighted by molar-refractivity contribution is -0.117. The fourth-order valence-electron chi connectivity index (χ4n) is 6.84. The summed E-state index contributed by atoms with van der Waals surface area (Å²) in [6, 6.07) is 0. The molecule has 7 atom stereocenters. The largest absolute Gasteiger partial charge is 0.377 e. The second-order valence-electron chi connectivity index (χ2n) is 8.86. The van der Waals surface area contributed by atoms with Gasteiger partial charge in [-0.1, -0.05) is 25.3 Å². The van der Waals surface area contributed by atoms with Crippen LogP contribution >= 0.6 is 0 Å². The smallest absolute Gasteiger partial charge is 0.155 e. The molecule has 0 aromatic rings. The Hall–Kier alpha value is -1.07. The summed E-state index contributed by atoms with van der Waals surface area (Å²) in [6.45, 7) is 4.59.